The number of halogens is 3. The molecular weight excluding hydrogens is 413 g/mol. The van der Waals surface area contributed by atoms with Crippen molar-refractivity contribution in [2.24, 2.45) is 0 Å². The van der Waals surface area contributed by atoms with Crippen LogP contribution in [0.25, 0.3) is 0 Å². The lowest BCUT2D eigenvalue weighted by Gasteiger charge is -2.23. The molecule has 0 heterocycles. The van der Waals surface area contributed by atoms with E-state index in [1.165, 1.54) is 24.3 Å². The third-order valence-corrected chi connectivity index (χ3v) is 5.80. The van der Waals surface area contributed by atoms with Gasteiger partial charge in [-0.3, -0.25) is 9.59 Å². The van der Waals surface area contributed by atoms with Gasteiger partial charge in [-0.05, 0) is 79.4 Å². The summed E-state index contributed by atoms with van der Waals surface area (Å²) < 4.78 is 37.5. The summed E-state index contributed by atoms with van der Waals surface area (Å²) in [5, 5.41) is 2.94. The van der Waals surface area contributed by atoms with Gasteiger partial charge in [0, 0.05) is 34.7 Å². The molecule has 0 atom stereocenters. The minimum absolute atomic E-state index is 0.0529. The third kappa shape index (κ3) is 5.56. The molecule has 8 heteroatoms. The summed E-state index contributed by atoms with van der Waals surface area (Å²) in [6.07, 6.45) is 3.88. The predicted molar refractivity (Wildman–Crippen MR) is 108 cm³/mol. The molecule has 1 N–H and O–H groups in total. The Balaban J connectivity index is 1.42. The number of rotatable bonds is 7. The molecule has 4 nitrogen and oxygen atoms in total. The molecule has 2 aromatic rings. The number of amides is 2. The SMILES string of the molecule is O=C(NC1CC1)c1ccc(CN(C(=O)c2ccc(SC(F)(F)F)cc2)C2CC2)cc1. The van der Waals surface area contributed by atoms with Gasteiger partial charge >= 0.3 is 5.51 Å². The molecule has 0 saturated heterocycles. The molecule has 158 valence electrons. The number of nitrogens with one attached hydrogen (secondary N) is 1. The number of nitrogens with zero attached hydrogens (tertiary/aromatic N) is 1. The molecule has 0 bridgehead atoms. The van der Waals surface area contributed by atoms with Gasteiger partial charge in [0.25, 0.3) is 11.8 Å². The van der Waals surface area contributed by atoms with Gasteiger partial charge in [-0.15, -0.1) is 0 Å². The molecule has 2 amide bonds. The van der Waals surface area contributed by atoms with Crippen LogP contribution in [0.2, 0.25) is 0 Å². The van der Waals surface area contributed by atoms with Crippen molar-refractivity contribution in [2.45, 2.75) is 54.7 Å². The second kappa shape index (κ2) is 8.34. The summed E-state index contributed by atoms with van der Waals surface area (Å²) in [7, 11) is 0. The molecule has 0 unspecified atom stereocenters. The fraction of sp³-hybridized carbons (Fsp3) is 0.364. The van der Waals surface area contributed by atoms with E-state index in [2.05, 4.69) is 5.32 Å². The van der Waals surface area contributed by atoms with E-state index in [4.69, 9.17) is 0 Å². The zero-order valence-electron chi connectivity index (χ0n) is 16.1. The quantitative estimate of drug-likeness (QED) is 0.625. The van der Waals surface area contributed by atoms with Crippen LogP contribution in [-0.2, 0) is 6.54 Å². The Labute approximate surface area is 176 Å². The molecule has 2 aromatic carbocycles. The average molecular weight is 434 g/mol. The fourth-order valence-electron chi connectivity index (χ4n) is 3.17. The number of alkyl halides is 3. The second-order valence-corrected chi connectivity index (χ2v) is 8.82. The minimum atomic E-state index is -4.35. The van der Waals surface area contributed by atoms with Crippen molar-refractivity contribution in [3.63, 3.8) is 0 Å². The highest BCUT2D eigenvalue weighted by Crippen LogP contribution is 2.37. The Morgan fingerprint density at radius 3 is 2.07 bits per heavy atom. The highest BCUT2D eigenvalue weighted by molar-refractivity contribution is 8.00. The Morgan fingerprint density at radius 2 is 1.53 bits per heavy atom. The smallest absolute Gasteiger partial charge is 0.349 e. The monoisotopic (exact) mass is 434 g/mol. The molecular formula is C22H21F3N2O2S. The normalized spacial score (nSPS) is 16.2. The number of benzene rings is 2. The van der Waals surface area contributed by atoms with Crippen LogP contribution in [0.4, 0.5) is 13.2 Å². The molecule has 0 aliphatic heterocycles. The lowest BCUT2D eigenvalue weighted by Crippen LogP contribution is -2.32. The molecule has 2 aliphatic carbocycles. The number of thioether (sulfide) groups is 1. The van der Waals surface area contributed by atoms with Crippen molar-refractivity contribution >= 4 is 23.6 Å². The molecule has 0 aromatic heterocycles. The molecule has 30 heavy (non-hydrogen) atoms. The topological polar surface area (TPSA) is 49.4 Å². The van der Waals surface area contributed by atoms with Crippen LogP contribution in [0.5, 0.6) is 0 Å². The summed E-state index contributed by atoms with van der Waals surface area (Å²) in [5.41, 5.74) is -2.49. The first-order valence-electron chi connectivity index (χ1n) is 9.85. The number of hydrogen-bond donors (Lipinski definition) is 1. The van der Waals surface area contributed by atoms with Crippen LogP contribution in [0, 0.1) is 0 Å². The maximum atomic E-state index is 13.0. The van der Waals surface area contributed by atoms with Gasteiger partial charge in [0.15, 0.2) is 0 Å². The Hall–Kier alpha value is -2.48. The zero-order valence-corrected chi connectivity index (χ0v) is 16.9. The molecule has 0 spiro atoms. The number of hydrogen-bond acceptors (Lipinski definition) is 3. The van der Waals surface area contributed by atoms with E-state index in [-0.39, 0.29) is 34.5 Å². The Kier molecular flexibility index (Phi) is 5.77. The Bertz CT molecular complexity index is 921. The number of carbonyl (C=O) groups excluding carboxylic acids is 2. The van der Waals surface area contributed by atoms with E-state index in [0.717, 1.165) is 31.2 Å². The van der Waals surface area contributed by atoms with Gasteiger partial charge in [-0.1, -0.05) is 12.1 Å². The van der Waals surface area contributed by atoms with Crippen molar-refractivity contribution in [3.05, 3.63) is 65.2 Å². The van der Waals surface area contributed by atoms with Crippen molar-refractivity contribution in [3.8, 4) is 0 Å². The standard InChI is InChI=1S/C22H21F3N2O2S/c23-22(24,25)30-19-11-5-16(6-12-19)21(29)27(18-9-10-18)13-14-1-3-15(4-2-14)20(28)26-17-7-8-17/h1-6,11-12,17-18H,7-10,13H2,(H,26,28). The summed E-state index contributed by atoms with van der Waals surface area (Å²) in [4.78, 5) is 26.9. The first kappa shape index (κ1) is 20.8. The van der Waals surface area contributed by atoms with Crippen LogP contribution in [0.1, 0.15) is 52.0 Å². The third-order valence-electron chi connectivity index (χ3n) is 5.06. The van der Waals surface area contributed by atoms with Gasteiger partial charge in [0.1, 0.15) is 0 Å². The molecule has 2 fully saturated rings. The average Bonchev–Trinajstić information content (AvgIpc) is 3.60. The van der Waals surface area contributed by atoms with Gasteiger partial charge in [-0.25, -0.2) is 0 Å². The van der Waals surface area contributed by atoms with Crippen LogP contribution < -0.4 is 5.32 Å². The van der Waals surface area contributed by atoms with Gasteiger partial charge in [-0.2, -0.15) is 13.2 Å². The van der Waals surface area contributed by atoms with Gasteiger partial charge < -0.3 is 10.2 Å². The lowest BCUT2D eigenvalue weighted by atomic mass is 10.1. The predicted octanol–water partition coefficient (Wildman–Crippen LogP) is 5.00. The first-order valence-corrected chi connectivity index (χ1v) is 10.7. The zero-order chi connectivity index (χ0) is 21.3. The van der Waals surface area contributed by atoms with E-state index < -0.39 is 5.51 Å². The van der Waals surface area contributed by atoms with E-state index >= 15 is 0 Å². The maximum absolute atomic E-state index is 13.0. The summed E-state index contributed by atoms with van der Waals surface area (Å²) in [6.45, 7) is 0.396. The van der Waals surface area contributed by atoms with E-state index in [9.17, 15) is 22.8 Å². The highest BCUT2D eigenvalue weighted by Gasteiger charge is 2.33. The van der Waals surface area contributed by atoms with Crippen molar-refractivity contribution in [2.75, 3.05) is 0 Å². The van der Waals surface area contributed by atoms with Crippen LogP contribution in [-0.4, -0.2) is 34.3 Å². The first-order chi connectivity index (χ1) is 14.3. The maximum Gasteiger partial charge on any atom is 0.446 e. The van der Waals surface area contributed by atoms with Crippen LogP contribution >= 0.6 is 11.8 Å². The van der Waals surface area contributed by atoms with Gasteiger partial charge in [0.2, 0.25) is 0 Å². The van der Waals surface area contributed by atoms with Crippen molar-refractivity contribution in [1.29, 1.82) is 0 Å². The largest absolute Gasteiger partial charge is 0.446 e. The Morgan fingerprint density at radius 1 is 0.933 bits per heavy atom. The summed E-state index contributed by atoms with van der Waals surface area (Å²) in [6, 6.07) is 13.2. The molecule has 2 saturated carbocycles. The van der Waals surface area contributed by atoms with Crippen LogP contribution in [0.3, 0.4) is 0 Å². The van der Waals surface area contributed by atoms with E-state index in [0.29, 0.717) is 23.7 Å². The van der Waals surface area contributed by atoms with Gasteiger partial charge in [0.05, 0.1) is 0 Å². The minimum Gasteiger partial charge on any atom is -0.349 e. The molecule has 4 rings (SSSR count). The summed E-state index contributed by atoms with van der Waals surface area (Å²) >= 11 is -0.196. The fourth-order valence-corrected chi connectivity index (χ4v) is 3.71. The second-order valence-electron chi connectivity index (χ2n) is 7.68. The highest BCUT2D eigenvalue weighted by atomic mass is 32.2. The van der Waals surface area contributed by atoms with Crippen molar-refractivity contribution < 1.29 is 22.8 Å². The lowest BCUT2D eigenvalue weighted by molar-refractivity contribution is -0.0328. The van der Waals surface area contributed by atoms with E-state index in [1.807, 2.05) is 12.1 Å². The molecule has 2 aliphatic rings. The summed E-state index contributed by atoms with van der Waals surface area (Å²) in [5.74, 6) is -0.285. The van der Waals surface area contributed by atoms with Crippen molar-refractivity contribution in [1.82, 2.24) is 10.2 Å². The molecule has 0 radical (unpaired) electrons. The number of carbonyl (C=O) groups is 2. The van der Waals surface area contributed by atoms with E-state index in [1.54, 1.807) is 17.0 Å². The van der Waals surface area contributed by atoms with Crippen LogP contribution in [0.15, 0.2) is 53.4 Å².